The van der Waals surface area contributed by atoms with Gasteiger partial charge in [0.1, 0.15) is 9.84 Å². The molecule has 152 valence electrons. The summed E-state index contributed by atoms with van der Waals surface area (Å²) in [5.74, 6) is 0.0442. The molecule has 5 nitrogen and oxygen atoms in total. The van der Waals surface area contributed by atoms with E-state index < -0.39 is 9.84 Å². The van der Waals surface area contributed by atoms with Crippen LogP contribution in [0.2, 0.25) is 0 Å². The third-order valence-electron chi connectivity index (χ3n) is 4.44. The van der Waals surface area contributed by atoms with Crippen molar-refractivity contribution in [3.8, 4) is 0 Å². The maximum atomic E-state index is 11.7. The van der Waals surface area contributed by atoms with Crippen LogP contribution in [0, 0.1) is 0 Å². The van der Waals surface area contributed by atoms with E-state index in [-0.39, 0.29) is 5.97 Å². The molecule has 0 saturated carbocycles. The van der Waals surface area contributed by atoms with Crippen LogP contribution < -0.4 is 0 Å². The van der Waals surface area contributed by atoms with Crippen molar-refractivity contribution in [1.29, 1.82) is 0 Å². The standard InChI is InChI=1S/C17H23NO2.C4H10O2S/c1-5-8-15-13(6-2)14-11-12(17(19)20-4)9-10-16(14)18(15)7-3;1-3-4-7(2,5)6/h9-11H,5-8H2,1-4H3;3-4H2,1-2H3. The Kier molecular flexibility index (Phi) is 9.03. The SMILES string of the molecule is CCCS(C)(=O)=O.CCCc1c(CC)c2cc(C(=O)OC)ccc2n1CC. The monoisotopic (exact) mass is 395 g/mol. The quantitative estimate of drug-likeness (QED) is 0.652. The molecule has 0 unspecified atom stereocenters. The van der Waals surface area contributed by atoms with Crippen molar-refractivity contribution in [2.24, 2.45) is 0 Å². The third-order valence-corrected chi connectivity index (χ3v) is 5.59. The van der Waals surface area contributed by atoms with E-state index in [1.165, 1.54) is 35.5 Å². The highest BCUT2D eigenvalue weighted by Crippen LogP contribution is 2.29. The minimum atomic E-state index is -2.67. The van der Waals surface area contributed by atoms with E-state index in [9.17, 15) is 13.2 Å². The molecule has 0 atom stereocenters. The molecule has 0 fully saturated rings. The Morgan fingerprint density at radius 1 is 1.11 bits per heavy atom. The lowest BCUT2D eigenvalue weighted by atomic mass is 10.0. The van der Waals surface area contributed by atoms with Gasteiger partial charge in [0, 0.05) is 35.2 Å². The summed E-state index contributed by atoms with van der Waals surface area (Å²) in [4.78, 5) is 11.7. The van der Waals surface area contributed by atoms with Crippen LogP contribution in [0.1, 0.15) is 62.2 Å². The lowest BCUT2D eigenvalue weighted by molar-refractivity contribution is 0.0601. The number of benzene rings is 1. The predicted molar refractivity (Wildman–Crippen MR) is 112 cm³/mol. The fourth-order valence-electron chi connectivity index (χ4n) is 3.37. The highest BCUT2D eigenvalue weighted by molar-refractivity contribution is 7.90. The first-order valence-electron chi connectivity index (χ1n) is 9.63. The second-order valence-corrected chi connectivity index (χ2v) is 8.89. The van der Waals surface area contributed by atoms with E-state index in [2.05, 4.69) is 25.3 Å². The van der Waals surface area contributed by atoms with Crippen LogP contribution in [0.3, 0.4) is 0 Å². The summed E-state index contributed by atoms with van der Waals surface area (Å²) >= 11 is 0. The number of sulfone groups is 1. The fourth-order valence-corrected chi connectivity index (χ4v) is 4.11. The van der Waals surface area contributed by atoms with Crippen LogP contribution in [0.25, 0.3) is 10.9 Å². The Morgan fingerprint density at radius 2 is 1.78 bits per heavy atom. The van der Waals surface area contributed by atoms with Gasteiger partial charge in [-0.25, -0.2) is 13.2 Å². The summed E-state index contributed by atoms with van der Waals surface area (Å²) in [5.41, 5.74) is 4.63. The topological polar surface area (TPSA) is 65.4 Å². The Hall–Kier alpha value is -1.82. The van der Waals surface area contributed by atoms with Gasteiger partial charge in [-0.3, -0.25) is 0 Å². The van der Waals surface area contributed by atoms with Crippen molar-refractivity contribution in [3.05, 3.63) is 35.0 Å². The molecule has 0 N–H and O–H groups in total. The molecule has 27 heavy (non-hydrogen) atoms. The first kappa shape index (κ1) is 23.2. The second kappa shape index (κ2) is 10.5. The maximum Gasteiger partial charge on any atom is 0.337 e. The number of fused-ring (bicyclic) bond motifs is 1. The largest absolute Gasteiger partial charge is 0.465 e. The Morgan fingerprint density at radius 3 is 2.19 bits per heavy atom. The summed E-state index contributed by atoms with van der Waals surface area (Å²) < 4.78 is 27.7. The second-order valence-electron chi connectivity index (χ2n) is 6.63. The lowest BCUT2D eigenvalue weighted by Gasteiger charge is -2.08. The molecule has 1 aromatic heterocycles. The Labute approximate surface area is 163 Å². The van der Waals surface area contributed by atoms with Crippen molar-refractivity contribution >= 4 is 26.7 Å². The minimum Gasteiger partial charge on any atom is -0.465 e. The number of hydrogen-bond donors (Lipinski definition) is 0. The van der Waals surface area contributed by atoms with Gasteiger partial charge in [0.2, 0.25) is 0 Å². The number of ether oxygens (including phenoxy) is 1. The molecule has 2 aromatic rings. The van der Waals surface area contributed by atoms with Gasteiger partial charge in [0.25, 0.3) is 0 Å². The van der Waals surface area contributed by atoms with Crippen LogP contribution >= 0.6 is 0 Å². The maximum absolute atomic E-state index is 11.7. The minimum absolute atomic E-state index is 0.268. The smallest absolute Gasteiger partial charge is 0.337 e. The number of esters is 1. The zero-order chi connectivity index (χ0) is 20.6. The molecule has 1 heterocycles. The van der Waals surface area contributed by atoms with Crippen molar-refractivity contribution in [2.75, 3.05) is 19.1 Å². The first-order valence-corrected chi connectivity index (χ1v) is 11.7. The van der Waals surface area contributed by atoms with Crippen LogP contribution in [-0.2, 0) is 34.0 Å². The highest BCUT2D eigenvalue weighted by atomic mass is 32.2. The molecular weight excluding hydrogens is 362 g/mol. The normalized spacial score (nSPS) is 11.2. The number of aromatic nitrogens is 1. The Balaban J connectivity index is 0.000000445. The molecule has 0 amide bonds. The number of carbonyl (C=O) groups is 1. The summed E-state index contributed by atoms with van der Waals surface area (Å²) in [7, 11) is -1.25. The summed E-state index contributed by atoms with van der Waals surface area (Å²) in [6.07, 6.45) is 5.17. The average Bonchev–Trinajstić information content (AvgIpc) is 2.92. The number of nitrogens with zero attached hydrogens (tertiary/aromatic N) is 1. The van der Waals surface area contributed by atoms with Crippen LogP contribution in [0.4, 0.5) is 0 Å². The van der Waals surface area contributed by atoms with Gasteiger partial charge in [-0.05, 0) is 49.9 Å². The third kappa shape index (κ3) is 6.09. The summed E-state index contributed by atoms with van der Waals surface area (Å²) in [6, 6.07) is 5.88. The average molecular weight is 396 g/mol. The van der Waals surface area contributed by atoms with E-state index in [0.29, 0.717) is 11.3 Å². The Bertz CT molecular complexity index is 866. The number of carbonyl (C=O) groups excluding carboxylic acids is 1. The number of aryl methyl sites for hydroxylation is 2. The summed E-state index contributed by atoms with van der Waals surface area (Å²) in [6.45, 7) is 9.37. The fraction of sp³-hybridized carbons (Fsp3) is 0.571. The van der Waals surface area contributed by atoms with Gasteiger partial charge in [-0.1, -0.05) is 27.2 Å². The molecular formula is C21H33NO4S. The number of hydrogen-bond acceptors (Lipinski definition) is 4. The zero-order valence-electron chi connectivity index (χ0n) is 17.5. The van der Waals surface area contributed by atoms with Crippen LogP contribution in [0.15, 0.2) is 18.2 Å². The number of rotatable bonds is 7. The van der Waals surface area contributed by atoms with Gasteiger partial charge < -0.3 is 9.30 Å². The van der Waals surface area contributed by atoms with Gasteiger partial charge >= 0.3 is 5.97 Å². The number of methoxy groups -OCH3 is 1. The lowest BCUT2D eigenvalue weighted by Crippen LogP contribution is -2.02. The predicted octanol–water partition coefficient (Wildman–Crippen LogP) is 4.40. The van der Waals surface area contributed by atoms with Gasteiger partial charge in [0.05, 0.1) is 12.7 Å². The molecule has 0 aliphatic heterocycles. The molecule has 6 heteroatoms. The molecule has 0 aliphatic rings. The molecule has 0 saturated heterocycles. The molecule has 0 aliphatic carbocycles. The van der Waals surface area contributed by atoms with Crippen molar-refractivity contribution in [1.82, 2.24) is 4.57 Å². The van der Waals surface area contributed by atoms with Crippen molar-refractivity contribution < 1.29 is 17.9 Å². The van der Waals surface area contributed by atoms with Crippen LogP contribution in [-0.4, -0.2) is 38.1 Å². The van der Waals surface area contributed by atoms with Crippen LogP contribution in [0.5, 0.6) is 0 Å². The van der Waals surface area contributed by atoms with Crippen molar-refractivity contribution in [2.45, 2.75) is 59.9 Å². The van der Waals surface area contributed by atoms with Crippen molar-refractivity contribution in [3.63, 3.8) is 0 Å². The summed E-state index contributed by atoms with van der Waals surface area (Å²) in [5, 5.41) is 1.20. The molecule has 2 rings (SSSR count). The molecule has 0 bridgehead atoms. The molecule has 0 radical (unpaired) electrons. The van der Waals surface area contributed by atoms with E-state index in [1.807, 2.05) is 25.1 Å². The molecule has 0 spiro atoms. The van der Waals surface area contributed by atoms with E-state index in [4.69, 9.17) is 4.74 Å². The van der Waals surface area contributed by atoms with E-state index in [1.54, 1.807) is 0 Å². The molecule has 1 aromatic carbocycles. The van der Waals surface area contributed by atoms with E-state index in [0.717, 1.165) is 32.2 Å². The zero-order valence-corrected chi connectivity index (χ0v) is 18.3. The van der Waals surface area contributed by atoms with Gasteiger partial charge in [-0.2, -0.15) is 0 Å². The first-order chi connectivity index (χ1) is 12.7. The highest BCUT2D eigenvalue weighted by Gasteiger charge is 2.16. The van der Waals surface area contributed by atoms with Gasteiger partial charge in [0.15, 0.2) is 0 Å². The van der Waals surface area contributed by atoms with E-state index >= 15 is 0 Å². The van der Waals surface area contributed by atoms with Gasteiger partial charge in [-0.15, -0.1) is 0 Å².